The highest BCUT2D eigenvalue weighted by Crippen LogP contribution is 2.37. The van der Waals surface area contributed by atoms with Gasteiger partial charge in [-0.2, -0.15) is 5.26 Å². The van der Waals surface area contributed by atoms with Crippen LogP contribution in [0.2, 0.25) is 5.02 Å². The Bertz CT molecular complexity index is 1020. The molecule has 1 heterocycles. The van der Waals surface area contributed by atoms with Crippen molar-refractivity contribution in [3.63, 3.8) is 0 Å². The van der Waals surface area contributed by atoms with E-state index >= 15 is 0 Å². The van der Waals surface area contributed by atoms with E-state index in [4.69, 9.17) is 16.9 Å². The molecule has 2 atom stereocenters. The van der Waals surface area contributed by atoms with E-state index in [2.05, 4.69) is 5.32 Å². The number of nitriles is 1. The monoisotopic (exact) mass is 449 g/mol. The van der Waals surface area contributed by atoms with Gasteiger partial charge in [0.15, 0.2) is 17.5 Å². The van der Waals surface area contributed by atoms with E-state index in [1.165, 1.54) is 18.2 Å². The summed E-state index contributed by atoms with van der Waals surface area (Å²) in [5.74, 6) is -4.54. The Balaban J connectivity index is 2.00. The van der Waals surface area contributed by atoms with Gasteiger partial charge in [0, 0.05) is 36.2 Å². The molecule has 0 saturated carbocycles. The Labute approximate surface area is 184 Å². The van der Waals surface area contributed by atoms with Crippen LogP contribution >= 0.6 is 11.6 Å². The summed E-state index contributed by atoms with van der Waals surface area (Å²) in [6.07, 6.45) is 1.73. The third-order valence-electron chi connectivity index (χ3n) is 5.85. The third kappa shape index (κ3) is 4.64. The van der Waals surface area contributed by atoms with Crippen molar-refractivity contribution in [1.29, 1.82) is 5.26 Å². The average molecular weight is 450 g/mol. The largest absolute Gasteiger partial charge is 0.378 e. The Hall–Kier alpha value is -2.72. The number of likely N-dealkylation sites (tertiary alicyclic amines) is 1. The first kappa shape index (κ1) is 23.0. The van der Waals surface area contributed by atoms with Crippen LogP contribution in [0, 0.1) is 34.7 Å². The van der Waals surface area contributed by atoms with Gasteiger partial charge in [0.25, 0.3) is 0 Å². The zero-order chi connectivity index (χ0) is 22.7. The molecule has 1 amide bonds. The highest BCUT2D eigenvalue weighted by Gasteiger charge is 2.39. The fourth-order valence-electron chi connectivity index (χ4n) is 4.17. The van der Waals surface area contributed by atoms with E-state index in [0.717, 1.165) is 18.9 Å². The van der Waals surface area contributed by atoms with Gasteiger partial charge in [-0.15, -0.1) is 0 Å². The predicted molar refractivity (Wildman–Crippen MR) is 113 cm³/mol. The summed E-state index contributed by atoms with van der Waals surface area (Å²) in [7, 11) is 0. The maximum Gasteiger partial charge on any atom is 0.223 e. The second-order valence-corrected chi connectivity index (χ2v) is 8.08. The molecular formula is C23H23ClF3N3O. The molecule has 1 saturated heterocycles. The first-order chi connectivity index (χ1) is 14.8. The minimum Gasteiger partial charge on any atom is -0.378 e. The molecule has 0 bridgehead atoms. The summed E-state index contributed by atoms with van der Waals surface area (Å²) in [5, 5.41) is 12.4. The van der Waals surface area contributed by atoms with Gasteiger partial charge in [0.1, 0.15) is 6.07 Å². The lowest BCUT2D eigenvalue weighted by atomic mass is 9.91. The van der Waals surface area contributed by atoms with Crippen molar-refractivity contribution in [3.8, 4) is 6.07 Å². The van der Waals surface area contributed by atoms with Gasteiger partial charge in [0.05, 0.1) is 16.6 Å². The van der Waals surface area contributed by atoms with Crippen LogP contribution in [0.5, 0.6) is 0 Å². The van der Waals surface area contributed by atoms with E-state index in [-0.39, 0.29) is 40.4 Å². The van der Waals surface area contributed by atoms with Crippen LogP contribution < -0.4 is 5.32 Å². The minimum atomic E-state index is -1.55. The molecule has 1 N–H and O–H groups in total. The van der Waals surface area contributed by atoms with Crippen molar-refractivity contribution in [3.05, 3.63) is 63.9 Å². The molecule has 1 unspecified atom stereocenters. The summed E-state index contributed by atoms with van der Waals surface area (Å²) < 4.78 is 42.3. The molecule has 1 fully saturated rings. The molecule has 0 aliphatic carbocycles. The number of nitrogens with one attached hydrogen (secondary N) is 1. The molecule has 4 nitrogen and oxygen atoms in total. The number of nitrogens with zero attached hydrogens (tertiary/aromatic N) is 2. The lowest BCUT2D eigenvalue weighted by Gasteiger charge is -2.29. The Morgan fingerprint density at radius 1 is 1.19 bits per heavy atom. The number of hydrogen-bond donors (Lipinski definition) is 1. The first-order valence-electron chi connectivity index (χ1n) is 10.2. The number of carbonyl (C=O) groups excluding carboxylic acids is 1. The molecule has 1 aliphatic rings. The maximum atomic E-state index is 14.7. The number of hydrogen-bond acceptors (Lipinski definition) is 3. The molecule has 0 aromatic heterocycles. The quantitative estimate of drug-likeness (QED) is 0.542. The fourth-order valence-corrected chi connectivity index (χ4v) is 4.39. The van der Waals surface area contributed by atoms with Crippen molar-refractivity contribution >= 4 is 23.2 Å². The van der Waals surface area contributed by atoms with E-state index < -0.39 is 23.5 Å². The van der Waals surface area contributed by atoms with E-state index in [1.54, 1.807) is 11.0 Å². The topological polar surface area (TPSA) is 56.1 Å². The number of anilines is 1. The number of rotatable bonds is 7. The Morgan fingerprint density at radius 2 is 1.90 bits per heavy atom. The van der Waals surface area contributed by atoms with E-state index in [0.29, 0.717) is 12.2 Å². The molecule has 2 aromatic carbocycles. The summed E-state index contributed by atoms with van der Waals surface area (Å²) >= 11 is 6.11. The van der Waals surface area contributed by atoms with E-state index in [9.17, 15) is 18.0 Å². The molecular weight excluding hydrogens is 427 g/mol. The van der Waals surface area contributed by atoms with Crippen molar-refractivity contribution in [2.45, 2.75) is 45.2 Å². The predicted octanol–water partition coefficient (Wildman–Crippen LogP) is 5.82. The van der Waals surface area contributed by atoms with Gasteiger partial charge >= 0.3 is 0 Å². The lowest BCUT2D eigenvalue weighted by Crippen LogP contribution is -2.36. The van der Waals surface area contributed by atoms with Crippen LogP contribution in [0.3, 0.4) is 0 Å². The molecule has 2 aromatic rings. The minimum absolute atomic E-state index is 0.0497. The van der Waals surface area contributed by atoms with Crippen molar-refractivity contribution in [2.24, 2.45) is 5.92 Å². The SMILES string of the molecule is CCC(CC)N1C[C@@H](C(Nc2ccc(C#N)c(Cl)c2)c2ccc(F)c(F)c2F)CC1=O. The van der Waals surface area contributed by atoms with Crippen molar-refractivity contribution < 1.29 is 18.0 Å². The number of carbonyl (C=O) groups is 1. The normalized spacial score (nSPS) is 17.2. The molecule has 8 heteroatoms. The van der Waals surface area contributed by atoms with Crippen LogP contribution in [0.1, 0.15) is 50.3 Å². The van der Waals surface area contributed by atoms with Crippen molar-refractivity contribution in [1.82, 2.24) is 4.90 Å². The smallest absolute Gasteiger partial charge is 0.223 e. The summed E-state index contributed by atoms with van der Waals surface area (Å²) in [4.78, 5) is 14.5. The summed E-state index contributed by atoms with van der Waals surface area (Å²) in [6.45, 7) is 4.36. The zero-order valence-electron chi connectivity index (χ0n) is 17.3. The number of benzene rings is 2. The van der Waals surface area contributed by atoms with Crippen LogP contribution in [0.25, 0.3) is 0 Å². The molecule has 0 spiro atoms. The van der Waals surface area contributed by atoms with Crippen LogP contribution in [-0.2, 0) is 4.79 Å². The summed E-state index contributed by atoms with van der Waals surface area (Å²) in [5.41, 5.74) is 0.689. The number of amides is 1. The van der Waals surface area contributed by atoms with Gasteiger partial charge in [-0.3, -0.25) is 4.79 Å². The first-order valence-corrected chi connectivity index (χ1v) is 10.6. The second-order valence-electron chi connectivity index (χ2n) is 7.67. The van der Waals surface area contributed by atoms with Gasteiger partial charge in [0.2, 0.25) is 5.91 Å². The zero-order valence-corrected chi connectivity index (χ0v) is 18.0. The molecule has 3 rings (SSSR count). The van der Waals surface area contributed by atoms with Crippen molar-refractivity contribution in [2.75, 3.05) is 11.9 Å². The third-order valence-corrected chi connectivity index (χ3v) is 6.17. The molecule has 164 valence electrons. The van der Waals surface area contributed by atoms with Crippen LogP contribution in [0.4, 0.5) is 18.9 Å². The molecule has 0 radical (unpaired) electrons. The maximum absolute atomic E-state index is 14.7. The molecule has 31 heavy (non-hydrogen) atoms. The van der Waals surface area contributed by atoms with Crippen LogP contribution in [-0.4, -0.2) is 23.4 Å². The fraction of sp³-hybridized carbons (Fsp3) is 0.391. The van der Waals surface area contributed by atoms with E-state index in [1.807, 2.05) is 19.9 Å². The summed E-state index contributed by atoms with van der Waals surface area (Å²) in [6, 6.07) is 7.93. The molecule has 1 aliphatic heterocycles. The standard InChI is InChI=1S/C23H23ClF3N3O/c1-3-16(4-2)30-12-14(9-20(30)31)23(17-7-8-19(25)22(27)21(17)26)29-15-6-5-13(11-28)18(24)10-15/h5-8,10,14,16,23,29H,3-4,9,12H2,1-2H3/t14-,23?/m0/s1. The van der Waals surface area contributed by atoms with Gasteiger partial charge in [-0.25, -0.2) is 13.2 Å². The number of halogens is 4. The Morgan fingerprint density at radius 3 is 2.52 bits per heavy atom. The second kappa shape index (κ2) is 9.61. The highest BCUT2D eigenvalue weighted by atomic mass is 35.5. The van der Waals surface area contributed by atoms with Gasteiger partial charge < -0.3 is 10.2 Å². The lowest BCUT2D eigenvalue weighted by molar-refractivity contribution is -0.129. The van der Waals surface area contributed by atoms with Gasteiger partial charge in [-0.05, 0) is 37.1 Å². The highest BCUT2D eigenvalue weighted by molar-refractivity contribution is 6.32. The Kier molecular flexibility index (Phi) is 7.11. The van der Waals surface area contributed by atoms with Gasteiger partial charge in [-0.1, -0.05) is 31.5 Å². The van der Waals surface area contributed by atoms with Crippen LogP contribution in [0.15, 0.2) is 30.3 Å². The average Bonchev–Trinajstić information content (AvgIpc) is 3.13.